The fourth-order valence-electron chi connectivity index (χ4n) is 3.20. The Balaban J connectivity index is 0.00000288. The van der Waals surface area contributed by atoms with Gasteiger partial charge in [-0.05, 0) is 30.4 Å². The van der Waals surface area contributed by atoms with Crippen molar-refractivity contribution in [1.29, 1.82) is 0 Å². The molecule has 1 aliphatic heterocycles. The predicted octanol–water partition coefficient (Wildman–Crippen LogP) is 5.80. The van der Waals surface area contributed by atoms with Gasteiger partial charge in [-0.15, -0.1) is 36.6 Å². The molecule has 0 saturated carbocycles. The summed E-state index contributed by atoms with van der Waals surface area (Å²) < 4.78 is 0.252. The van der Waals surface area contributed by atoms with Crippen LogP contribution in [0.25, 0.3) is 0 Å². The predicted molar refractivity (Wildman–Crippen MR) is 118 cm³/mol. The molecule has 146 valence electrons. The Morgan fingerprint density at radius 3 is 2.20 bits per heavy atom. The molecule has 1 aromatic rings. The Morgan fingerprint density at radius 1 is 1.04 bits per heavy atom. The zero-order chi connectivity index (χ0) is 16.9. The van der Waals surface area contributed by atoms with Crippen LogP contribution in [0.15, 0.2) is 29.2 Å². The Kier molecular flexibility index (Phi) is 11.7. The minimum Gasteiger partial charge on any atom is -0.314 e. The Labute approximate surface area is 171 Å². The second-order valence-corrected chi connectivity index (χ2v) is 9.89. The van der Waals surface area contributed by atoms with Crippen LogP contribution in [0, 0.1) is 5.92 Å². The lowest BCUT2D eigenvalue weighted by molar-refractivity contribution is 0.158. The molecular weight excluding hydrogens is 371 g/mol. The molecule has 1 atom stereocenters. The van der Waals surface area contributed by atoms with Crippen molar-refractivity contribution in [2.45, 2.75) is 63.1 Å². The molecule has 0 amide bonds. The van der Waals surface area contributed by atoms with E-state index in [0.717, 1.165) is 32.1 Å². The van der Waals surface area contributed by atoms with Crippen LogP contribution in [0.3, 0.4) is 0 Å². The maximum atomic E-state index is 3.49. The van der Waals surface area contributed by atoms with Gasteiger partial charge in [0.2, 0.25) is 0 Å². The summed E-state index contributed by atoms with van der Waals surface area (Å²) in [6, 6.07) is 9.64. The van der Waals surface area contributed by atoms with Gasteiger partial charge in [0.15, 0.2) is 0 Å². The number of benzene rings is 1. The van der Waals surface area contributed by atoms with E-state index in [0.29, 0.717) is 6.04 Å². The van der Waals surface area contributed by atoms with Crippen molar-refractivity contribution in [1.82, 2.24) is 10.2 Å². The van der Waals surface area contributed by atoms with Crippen molar-refractivity contribution >= 4 is 36.6 Å². The normalized spacial score (nSPS) is 16.9. The monoisotopic (exact) mass is 406 g/mol. The molecule has 1 heterocycles. The van der Waals surface area contributed by atoms with E-state index in [1.165, 1.54) is 23.3 Å². The fraction of sp³-hybridized carbons (Fsp3) is 0.700. The zero-order valence-electron chi connectivity index (χ0n) is 16.4. The number of thioether (sulfide) groups is 1. The maximum absolute atomic E-state index is 3.49. The molecule has 0 spiro atoms. The van der Waals surface area contributed by atoms with E-state index in [4.69, 9.17) is 0 Å². The third-order valence-corrected chi connectivity index (χ3v) is 5.51. The van der Waals surface area contributed by atoms with Crippen LogP contribution in [-0.2, 0) is 0 Å². The van der Waals surface area contributed by atoms with Gasteiger partial charge in [-0.3, -0.25) is 4.90 Å². The van der Waals surface area contributed by atoms with E-state index >= 15 is 0 Å². The van der Waals surface area contributed by atoms with Gasteiger partial charge >= 0.3 is 0 Å². The van der Waals surface area contributed by atoms with Crippen LogP contribution in [0.5, 0.6) is 0 Å². The highest BCUT2D eigenvalue weighted by molar-refractivity contribution is 8.00. The molecule has 0 aromatic heterocycles. The number of piperazine rings is 1. The largest absolute Gasteiger partial charge is 0.314 e. The van der Waals surface area contributed by atoms with Gasteiger partial charge in [0.1, 0.15) is 0 Å². The van der Waals surface area contributed by atoms with Gasteiger partial charge in [0.05, 0.1) is 0 Å². The Morgan fingerprint density at radius 2 is 1.64 bits per heavy atom. The third-order valence-electron chi connectivity index (χ3n) is 4.30. The third kappa shape index (κ3) is 8.53. The van der Waals surface area contributed by atoms with E-state index in [2.05, 4.69) is 69.1 Å². The summed E-state index contributed by atoms with van der Waals surface area (Å²) in [5.41, 5.74) is 1.54. The minimum absolute atomic E-state index is 0. The molecule has 5 heteroatoms. The van der Waals surface area contributed by atoms with Crippen LogP contribution in [-0.4, -0.2) is 35.8 Å². The van der Waals surface area contributed by atoms with E-state index in [1.807, 2.05) is 11.8 Å². The minimum atomic E-state index is 0. The SMILES string of the molecule is CC(C)CC[C@H](c1ccccc1SC(C)(C)C)N1CCNCC1.Cl.Cl. The second-order valence-electron chi connectivity index (χ2n) is 8.03. The van der Waals surface area contributed by atoms with Crippen molar-refractivity contribution in [2.24, 2.45) is 5.92 Å². The van der Waals surface area contributed by atoms with Gasteiger partial charge < -0.3 is 5.32 Å². The van der Waals surface area contributed by atoms with Crippen molar-refractivity contribution in [3.8, 4) is 0 Å². The number of hydrogen-bond donors (Lipinski definition) is 1. The molecule has 2 nitrogen and oxygen atoms in total. The molecule has 2 rings (SSSR count). The molecule has 1 fully saturated rings. The Bertz CT molecular complexity index is 483. The molecule has 25 heavy (non-hydrogen) atoms. The molecule has 1 saturated heterocycles. The Hall–Kier alpha value is 0.0700. The topological polar surface area (TPSA) is 15.3 Å². The summed E-state index contributed by atoms with van der Waals surface area (Å²) >= 11 is 2.01. The van der Waals surface area contributed by atoms with Crippen LogP contribution < -0.4 is 5.32 Å². The van der Waals surface area contributed by atoms with Crippen LogP contribution in [0.1, 0.15) is 59.1 Å². The molecule has 1 aromatic carbocycles. The zero-order valence-corrected chi connectivity index (χ0v) is 18.8. The summed E-state index contributed by atoms with van der Waals surface area (Å²) in [6.07, 6.45) is 2.56. The van der Waals surface area contributed by atoms with Crippen molar-refractivity contribution in [3.05, 3.63) is 29.8 Å². The number of nitrogens with one attached hydrogen (secondary N) is 1. The van der Waals surface area contributed by atoms with E-state index in [-0.39, 0.29) is 29.6 Å². The summed E-state index contributed by atoms with van der Waals surface area (Å²) in [5.74, 6) is 0.767. The smallest absolute Gasteiger partial charge is 0.0360 e. The summed E-state index contributed by atoms with van der Waals surface area (Å²) in [7, 11) is 0. The maximum Gasteiger partial charge on any atom is 0.0360 e. The number of hydrogen-bond acceptors (Lipinski definition) is 3. The first-order valence-corrected chi connectivity index (χ1v) is 9.91. The number of rotatable bonds is 6. The first-order chi connectivity index (χ1) is 10.9. The molecule has 0 aliphatic carbocycles. The van der Waals surface area contributed by atoms with E-state index < -0.39 is 0 Å². The van der Waals surface area contributed by atoms with E-state index in [1.54, 1.807) is 0 Å². The average Bonchev–Trinajstić information content (AvgIpc) is 2.48. The van der Waals surface area contributed by atoms with Gasteiger partial charge in [0.25, 0.3) is 0 Å². The highest BCUT2D eigenvalue weighted by Gasteiger charge is 2.25. The van der Waals surface area contributed by atoms with Gasteiger partial charge in [0, 0.05) is 41.9 Å². The molecular formula is C20H36Cl2N2S. The van der Waals surface area contributed by atoms with Crippen LogP contribution in [0.2, 0.25) is 0 Å². The first kappa shape index (κ1) is 25.1. The lowest BCUT2D eigenvalue weighted by Crippen LogP contribution is -2.45. The highest BCUT2D eigenvalue weighted by Crippen LogP contribution is 2.39. The molecule has 0 bridgehead atoms. The van der Waals surface area contributed by atoms with Gasteiger partial charge in [-0.2, -0.15) is 0 Å². The average molecular weight is 407 g/mol. The number of nitrogens with zero attached hydrogens (tertiary/aromatic N) is 1. The first-order valence-electron chi connectivity index (χ1n) is 9.09. The summed E-state index contributed by atoms with van der Waals surface area (Å²) in [5, 5.41) is 3.49. The van der Waals surface area contributed by atoms with Crippen molar-refractivity contribution in [2.75, 3.05) is 26.2 Å². The summed E-state index contributed by atoms with van der Waals surface area (Å²) in [6.45, 7) is 16.2. The second kappa shape index (κ2) is 11.7. The standard InChI is InChI=1S/C20H34N2S.2ClH/c1-16(2)10-11-18(22-14-12-21-13-15-22)17-8-6-7-9-19(17)23-20(3,4)5;;/h6-9,16,18,21H,10-15H2,1-5H3;2*1H/t18-;;/m1../s1. The van der Waals surface area contributed by atoms with Crippen molar-refractivity contribution in [3.63, 3.8) is 0 Å². The molecule has 0 radical (unpaired) electrons. The van der Waals surface area contributed by atoms with Crippen LogP contribution >= 0.6 is 36.6 Å². The van der Waals surface area contributed by atoms with Crippen molar-refractivity contribution < 1.29 is 0 Å². The van der Waals surface area contributed by atoms with Gasteiger partial charge in [-0.1, -0.05) is 52.8 Å². The van der Waals surface area contributed by atoms with Gasteiger partial charge in [-0.25, -0.2) is 0 Å². The quantitative estimate of drug-likeness (QED) is 0.600. The summed E-state index contributed by atoms with van der Waals surface area (Å²) in [4.78, 5) is 4.16. The lowest BCUT2D eigenvalue weighted by Gasteiger charge is -2.37. The fourth-order valence-corrected chi connectivity index (χ4v) is 4.33. The van der Waals surface area contributed by atoms with E-state index in [9.17, 15) is 0 Å². The lowest BCUT2D eigenvalue weighted by atomic mass is 9.95. The highest BCUT2D eigenvalue weighted by atomic mass is 35.5. The van der Waals surface area contributed by atoms with Crippen LogP contribution in [0.4, 0.5) is 0 Å². The molecule has 1 aliphatic rings. The molecule has 1 N–H and O–H groups in total. The molecule has 0 unspecified atom stereocenters. The number of halogens is 2.